The molecule has 20 heavy (non-hydrogen) atoms. The van der Waals surface area contributed by atoms with Crippen LogP contribution in [0.3, 0.4) is 0 Å². The molecule has 2 rings (SSSR count). The van der Waals surface area contributed by atoms with Crippen LogP contribution in [0.2, 0.25) is 0 Å². The SMILES string of the molecule is O=S(=O)(CCCCl)C(c1ccccc1)c1ccccc1. The van der Waals surface area contributed by atoms with Gasteiger partial charge in [-0.2, -0.15) is 0 Å². The molecular weight excluding hydrogens is 292 g/mol. The van der Waals surface area contributed by atoms with Gasteiger partial charge in [0, 0.05) is 5.88 Å². The molecule has 0 aromatic heterocycles. The van der Waals surface area contributed by atoms with Gasteiger partial charge in [0.25, 0.3) is 0 Å². The van der Waals surface area contributed by atoms with Crippen LogP contribution in [0.15, 0.2) is 60.7 Å². The van der Waals surface area contributed by atoms with Gasteiger partial charge in [-0.3, -0.25) is 0 Å². The predicted octanol–water partition coefficient (Wildman–Crippen LogP) is 3.82. The van der Waals surface area contributed by atoms with Gasteiger partial charge in [0.2, 0.25) is 0 Å². The summed E-state index contributed by atoms with van der Waals surface area (Å²) in [6.07, 6.45) is 0.472. The van der Waals surface area contributed by atoms with Crippen molar-refractivity contribution in [1.29, 1.82) is 0 Å². The highest BCUT2D eigenvalue weighted by Crippen LogP contribution is 2.31. The summed E-state index contributed by atoms with van der Waals surface area (Å²) in [6.45, 7) is 0. The number of rotatable bonds is 6. The van der Waals surface area contributed by atoms with Crippen LogP contribution < -0.4 is 0 Å². The Morgan fingerprint density at radius 1 is 0.850 bits per heavy atom. The molecule has 2 aromatic rings. The van der Waals surface area contributed by atoms with Gasteiger partial charge in [0.15, 0.2) is 9.84 Å². The highest BCUT2D eigenvalue weighted by Gasteiger charge is 2.28. The van der Waals surface area contributed by atoms with Crippen LogP contribution in [0, 0.1) is 0 Å². The number of halogens is 1. The average Bonchev–Trinajstić information content (AvgIpc) is 2.47. The normalized spacial score (nSPS) is 11.7. The maximum absolute atomic E-state index is 12.6. The summed E-state index contributed by atoms with van der Waals surface area (Å²) >= 11 is 5.64. The number of sulfone groups is 1. The Morgan fingerprint density at radius 2 is 1.30 bits per heavy atom. The van der Waals surface area contributed by atoms with Crippen molar-refractivity contribution in [1.82, 2.24) is 0 Å². The molecule has 0 aliphatic carbocycles. The number of hydrogen-bond donors (Lipinski definition) is 0. The molecule has 0 saturated heterocycles. The zero-order valence-corrected chi connectivity index (χ0v) is 12.6. The van der Waals surface area contributed by atoms with Crippen LogP contribution in [-0.2, 0) is 9.84 Å². The standard InChI is InChI=1S/C16H17ClO2S/c17-12-7-13-20(18,19)16(14-8-3-1-4-9-14)15-10-5-2-6-11-15/h1-6,8-11,16H,7,12-13H2. The summed E-state index contributed by atoms with van der Waals surface area (Å²) in [7, 11) is -3.28. The van der Waals surface area contributed by atoms with E-state index < -0.39 is 15.1 Å². The fourth-order valence-electron chi connectivity index (χ4n) is 2.24. The molecule has 4 heteroatoms. The van der Waals surface area contributed by atoms with Gasteiger partial charge in [0.05, 0.1) is 5.75 Å². The number of hydrogen-bond acceptors (Lipinski definition) is 2. The van der Waals surface area contributed by atoms with Crippen molar-refractivity contribution in [2.75, 3.05) is 11.6 Å². The zero-order valence-electron chi connectivity index (χ0n) is 11.1. The summed E-state index contributed by atoms with van der Waals surface area (Å²) in [5.41, 5.74) is 1.60. The van der Waals surface area contributed by atoms with Crippen LogP contribution >= 0.6 is 11.6 Å². The highest BCUT2D eigenvalue weighted by atomic mass is 35.5. The largest absolute Gasteiger partial charge is 0.228 e. The Kier molecular flexibility index (Phi) is 5.21. The third-order valence-corrected chi connectivity index (χ3v) is 5.51. The summed E-state index contributed by atoms with van der Waals surface area (Å²) in [6, 6.07) is 18.7. The van der Waals surface area contributed by atoms with Gasteiger partial charge in [0.1, 0.15) is 5.25 Å². The van der Waals surface area contributed by atoms with Crippen molar-refractivity contribution in [2.45, 2.75) is 11.7 Å². The van der Waals surface area contributed by atoms with Gasteiger partial charge >= 0.3 is 0 Å². The Balaban J connectivity index is 2.46. The number of alkyl halides is 1. The van der Waals surface area contributed by atoms with Gasteiger partial charge < -0.3 is 0 Å². The van der Waals surface area contributed by atoms with Crippen molar-refractivity contribution in [3.05, 3.63) is 71.8 Å². The average molecular weight is 309 g/mol. The molecule has 0 atom stereocenters. The molecule has 0 aliphatic rings. The van der Waals surface area contributed by atoms with Crippen LogP contribution in [0.4, 0.5) is 0 Å². The molecule has 106 valence electrons. The van der Waals surface area contributed by atoms with E-state index in [1.165, 1.54) is 0 Å². The van der Waals surface area contributed by atoms with Crippen molar-refractivity contribution < 1.29 is 8.42 Å². The van der Waals surface area contributed by atoms with Gasteiger partial charge in [-0.15, -0.1) is 11.6 Å². The maximum atomic E-state index is 12.6. The summed E-state index contributed by atoms with van der Waals surface area (Å²) in [5, 5.41) is -0.617. The highest BCUT2D eigenvalue weighted by molar-refractivity contribution is 7.91. The molecule has 2 nitrogen and oxygen atoms in total. The lowest BCUT2D eigenvalue weighted by molar-refractivity contribution is 0.588. The topological polar surface area (TPSA) is 34.1 Å². The van der Waals surface area contributed by atoms with E-state index in [2.05, 4.69) is 0 Å². The summed E-state index contributed by atoms with van der Waals surface area (Å²) in [5.74, 6) is 0.459. The van der Waals surface area contributed by atoms with Gasteiger partial charge in [-0.25, -0.2) is 8.42 Å². The molecule has 0 amide bonds. The minimum atomic E-state index is -3.28. The van der Waals surface area contributed by atoms with E-state index in [-0.39, 0.29) is 5.75 Å². The lowest BCUT2D eigenvalue weighted by atomic mass is 10.0. The second-order valence-corrected chi connectivity index (χ2v) is 7.19. The van der Waals surface area contributed by atoms with E-state index in [0.29, 0.717) is 12.3 Å². The smallest absolute Gasteiger partial charge is 0.161 e. The summed E-state index contributed by atoms with van der Waals surface area (Å²) in [4.78, 5) is 0. The van der Waals surface area contributed by atoms with Crippen molar-refractivity contribution in [2.24, 2.45) is 0 Å². The maximum Gasteiger partial charge on any atom is 0.161 e. The third kappa shape index (κ3) is 3.62. The van der Waals surface area contributed by atoms with Crippen LogP contribution in [-0.4, -0.2) is 20.1 Å². The first-order chi connectivity index (χ1) is 9.65. The molecule has 0 unspecified atom stereocenters. The molecule has 0 fully saturated rings. The third-order valence-electron chi connectivity index (χ3n) is 3.13. The van der Waals surface area contributed by atoms with Crippen molar-refractivity contribution in [3.63, 3.8) is 0 Å². The van der Waals surface area contributed by atoms with E-state index in [4.69, 9.17) is 11.6 Å². The monoisotopic (exact) mass is 308 g/mol. The molecule has 0 N–H and O–H groups in total. The van der Waals surface area contributed by atoms with Gasteiger partial charge in [-0.1, -0.05) is 60.7 Å². The van der Waals surface area contributed by atoms with E-state index in [1.807, 2.05) is 60.7 Å². The first-order valence-electron chi connectivity index (χ1n) is 6.52. The first-order valence-corrected chi connectivity index (χ1v) is 8.77. The van der Waals surface area contributed by atoms with Crippen molar-refractivity contribution in [3.8, 4) is 0 Å². The van der Waals surface area contributed by atoms with E-state index in [1.54, 1.807) is 0 Å². The van der Waals surface area contributed by atoms with E-state index >= 15 is 0 Å². The lowest BCUT2D eigenvalue weighted by Crippen LogP contribution is -2.18. The molecule has 0 heterocycles. The minimum Gasteiger partial charge on any atom is -0.228 e. The van der Waals surface area contributed by atoms with Crippen LogP contribution in [0.25, 0.3) is 0 Å². The van der Waals surface area contributed by atoms with Crippen LogP contribution in [0.1, 0.15) is 22.8 Å². The summed E-state index contributed by atoms with van der Waals surface area (Å²) < 4.78 is 25.3. The Morgan fingerprint density at radius 3 is 1.70 bits per heavy atom. The van der Waals surface area contributed by atoms with E-state index in [0.717, 1.165) is 11.1 Å². The number of benzene rings is 2. The molecule has 0 spiro atoms. The molecule has 0 saturated carbocycles. The van der Waals surface area contributed by atoms with Crippen LogP contribution in [0.5, 0.6) is 0 Å². The van der Waals surface area contributed by atoms with E-state index in [9.17, 15) is 8.42 Å². The van der Waals surface area contributed by atoms with Crippen molar-refractivity contribution >= 4 is 21.4 Å². The fourth-order valence-corrected chi connectivity index (χ4v) is 4.45. The molecule has 0 radical (unpaired) electrons. The lowest BCUT2D eigenvalue weighted by Gasteiger charge is -2.18. The minimum absolute atomic E-state index is 0.102. The Bertz CT molecular complexity index is 585. The molecule has 0 bridgehead atoms. The quantitative estimate of drug-likeness (QED) is 0.760. The molecular formula is C16H17ClO2S. The second kappa shape index (κ2) is 6.91. The van der Waals surface area contributed by atoms with Gasteiger partial charge in [-0.05, 0) is 17.5 Å². The fraction of sp³-hybridized carbons (Fsp3) is 0.250. The Labute approximate surface area is 125 Å². The second-order valence-electron chi connectivity index (χ2n) is 4.61. The zero-order chi connectivity index (χ0) is 14.4. The molecule has 2 aromatic carbocycles. The predicted molar refractivity (Wildman–Crippen MR) is 83.9 cm³/mol. The molecule has 0 aliphatic heterocycles. The Hall–Kier alpha value is -1.32. The first kappa shape index (κ1) is 15.1.